The fourth-order valence-electron chi connectivity index (χ4n) is 5.41. The lowest BCUT2D eigenvalue weighted by Gasteiger charge is -2.34. The van der Waals surface area contributed by atoms with Crippen LogP contribution in [0.2, 0.25) is 0 Å². The van der Waals surface area contributed by atoms with E-state index in [0.29, 0.717) is 13.0 Å². The maximum Gasteiger partial charge on any atom is 0.224 e. The van der Waals surface area contributed by atoms with Crippen molar-refractivity contribution in [1.29, 1.82) is 0 Å². The molecule has 3 heterocycles. The summed E-state index contributed by atoms with van der Waals surface area (Å²) >= 11 is 0. The van der Waals surface area contributed by atoms with Gasteiger partial charge in [-0.25, -0.2) is 0 Å². The third kappa shape index (κ3) is 4.95. The number of piperazine rings is 1. The second-order valence-corrected chi connectivity index (χ2v) is 9.92. The molecule has 1 saturated heterocycles. The van der Waals surface area contributed by atoms with Crippen molar-refractivity contribution < 1.29 is 9.53 Å². The average Bonchev–Trinajstić information content (AvgIpc) is 3.59. The maximum absolute atomic E-state index is 12.2. The molecule has 0 bridgehead atoms. The molecule has 0 saturated carbocycles. The summed E-state index contributed by atoms with van der Waals surface area (Å²) in [5.41, 5.74) is 9.65. The van der Waals surface area contributed by atoms with Crippen LogP contribution in [-0.4, -0.2) is 65.6 Å². The van der Waals surface area contributed by atoms with E-state index in [1.165, 1.54) is 33.2 Å². The van der Waals surface area contributed by atoms with Crippen LogP contribution in [0, 0.1) is 0 Å². The number of aromatic amines is 1. The van der Waals surface area contributed by atoms with Crippen molar-refractivity contribution in [3.63, 3.8) is 0 Å². The lowest BCUT2D eigenvalue weighted by molar-refractivity contribution is -0.133. The van der Waals surface area contributed by atoms with Crippen molar-refractivity contribution in [2.45, 2.75) is 19.4 Å². The molecular weight excluding hydrogens is 460 g/mol. The number of benzene rings is 2. The number of hydrogen-bond acceptors (Lipinski definition) is 4. The second-order valence-electron chi connectivity index (χ2n) is 9.92. The first-order chi connectivity index (χ1) is 18.2. The molecule has 1 fully saturated rings. The van der Waals surface area contributed by atoms with Crippen LogP contribution in [-0.2, 0) is 22.5 Å². The van der Waals surface area contributed by atoms with Gasteiger partial charge in [0.25, 0.3) is 0 Å². The third-order valence-electron chi connectivity index (χ3n) is 7.56. The Bertz CT molecular complexity index is 1450. The summed E-state index contributed by atoms with van der Waals surface area (Å²) in [6.07, 6.45) is 7.62. The Morgan fingerprint density at radius 3 is 2.59 bits per heavy atom. The van der Waals surface area contributed by atoms with Crippen LogP contribution in [0.15, 0.2) is 73.1 Å². The predicted octanol–water partition coefficient (Wildman–Crippen LogP) is 4.90. The molecule has 0 spiro atoms. The van der Waals surface area contributed by atoms with Gasteiger partial charge in [-0.3, -0.25) is 14.7 Å². The van der Waals surface area contributed by atoms with E-state index in [1.54, 1.807) is 7.11 Å². The smallest absolute Gasteiger partial charge is 0.224 e. The quantitative estimate of drug-likeness (QED) is 0.399. The molecule has 6 heteroatoms. The largest absolute Gasteiger partial charge is 0.384 e. The van der Waals surface area contributed by atoms with Crippen LogP contribution < -0.4 is 0 Å². The summed E-state index contributed by atoms with van der Waals surface area (Å²) in [4.78, 5) is 24.7. The van der Waals surface area contributed by atoms with Crippen molar-refractivity contribution in [3.8, 4) is 11.1 Å². The number of hydrogen-bond donors (Lipinski definition) is 1. The van der Waals surface area contributed by atoms with Crippen LogP contribution in [0.4, 0.5) is 0 Å². The van der Waals surface area contributed by atoms with Gasteiger partial charge in [0.15, 0.2) is 0 Å². The number of allylic oxidation sites excluding steroid dienone is 1. The van der Waals surface area contributed by atoms with Gasteiger partial charge in [-0.1, -0.05) is 36.4 Å². The average molecular weight is 493 g/mol. The van der Waals surface area contributed by atoms with Crippen molar-refractivity contribution >= 4 is 22.4 Å². The summed E-state index contributed by atoms with van der Waals surface area (Å²) in [6, 6.07) is 19.8. The van der Waals surface area contributed by atoms with Gasteiger partial charge in [0.05, 0.1) is 18.7 Å². The minimum Gasteiger partial charge on any atom is -0.384 e. The van der Waals surface area contributed by atoms with Gasteiger partial charge in [0, 0.05) is 75.3 Å². The van der Waals surface area contributed by atoms with Gasteiger partial charge >= 0.3 is 0 Å². The van der Waals surface area contributed by atoms with E-state index in [2.05, 4.69) is 70.6 Å². The molecule has 4 aromatic rings. The van der Waals surface area contributed by atoms with Crippen LogP contribution >= 0.6 is 0 Å². The van der Waals surface area contributed by atoms with Gasteiger partial charge in [0.1, 0.15) is 0 Å². The fourth-order valence-corrected chi connectivity index (χ4v) is 5.41. The molecule has 0 radical (unpaired) electrons. The van der Waals surface area contributed by atoms with Gasteiger partial charge < -0.3 is 14.6 Å². The van der Waals surface area contributed by atoms with Gasteiger partial charge in [-0.15, -0.1) is 0 Å². The molecule has 6 nitrogen and oxygen atoms in total. The zero-order valence-electron chi connectivity index (χ0n) is 21.2. The lowest BCUT2D eigenvalue weighted by Crippen LogP contribution is -2.48. The number of H-pyrrole nitrogens is 1. The Morgan fingerprint density at radius 2 is 1.78 bits per heavy atom. The van der Waals surface area contributed by atoms with Gasteiger partial charge in [-0.2, -0.15) is 0 Å². The zero-order valence-corrected chi connectivity index (χ0v) is 21.2. The number of nitrogens with one attached hydrogen (secondary N) is 1. The van der Waals surface area contributed by atoms with Crippen molar-refractivity contribution in [3.05, 3.63) is 95.5 Å². The molecule has 1 amide bonds. The van der Waals surface area contributed by atoms with E-state index in [0.717, 1.165) is 55.9 Å². The number of aromatic nitrogens is 2. The molecule has 37 heavy (non-hydrogen) atoms. The summed E-state index contributed by atoms with van der Waals surface area (Å²) in [5, 5.41) is 1.23. The molecule has 1 N–H and O–H groups in total. The molecular formula is C31H32N4O2. The molecule has 0 atom stereocenters. The molecule has 1 aliphatic carbocycles. The molecule has 2 aromatic heterocycles. The highest BCUT2D eigenvalue weighted by molar-refractivity contribution is 5.90. The lowest BCUT2D eigenvalue weighted by atomic mass is 9.97. The summed E-state index contributed by atoms with van der Waals surface area (Å²) < 4.78 is 5.04. The highest BCUT2D eigenvalue weighted by atomic mass is 16.5. The van der Waals surface area contributed by atoms with Crippen molar-refractivity contribution in [2.24, 2.45) is 0 Å². The van der Waals surface area contributed by atoms with E-state index in [4.69, 9.17) is 9.72 Å². The highest BCUT2D eigenvalue weighted by Gasteiger charge is 2.21. The summed E-state index contributed by atoms with van der Waals surface area (Å²) in [6.45, 7) is 4.77. The Kier molecular flexibility index (Phi) is 6.60. The Morgan fingerprint density at radius 1 is 0.973 bits per heavy atom. The normalized spacial score (nSPS) is 15.7. The number of carbonyl (C=O) groups is 1. The van der Waals surface area contributed by atoms with Gasteiger partial charge in [0.2, 0.25) is 5.91 Å². The molecule has 0 unspecified atom stereocenters. The zero-order chi connectivity index (χ0) is 25.2. The van der Waals surface area contributed by atoms with E-state index >= 15 is 0 Å². The summed E-state index contributed by atoms with van der Waals surface area (Å²) in [5.74, 6) is 0.192. The maximum atomic E-state index is 12.2. The summed E-state index contributed by atoms with van der Waals surface area (Å²) in [7, 11) is 1.64. The molecule has 6 rings (SSSR count). The number of carbonyl (C=O) groups excluding carboxylic acids is 1. The Hall–Kier alpha value is -3.74. The SMILES string of the molecule is COCCC(=O)N1CCN(Cc2ccc(-c3cnc4c(c3)C(c3ccc5[nH]ccc5c3)=CC4)cc2)CC1. The first-order valence-corrected chi connectivity index (χ1v) is 13.0. The predicted molar refractivity (Wildman–Crippen MR) is 147 cm³/mol. The topological polar surface area (TPSA) is 61.5 Å². The number of fused-ring (bicyclic) bond motifs is 2. The monoisotopic (exact) mass is 492 g/mol. The highest BCUT2D eigenvalue weighted by Crippen LogP contribution is 2.35. The standard InChI is InChI=1S/C31H32N4O2/c1-37-17-11-31(36)35-15-13-34(14-16-35)21-22-2-4-23(5-3-22)26-19-28-27(7-9-30(28)33-20-26)24-6-8-29-25(18-24)10-12-32-29/h2-8,10,12,18-20,32H,9,11,13-17,21H2,1H3. The van der Waals surface area contributed by atoms with E-state index in [-0.39, 0.29) is 5.91 Å². The van der Waals surface area contributed by atoms with Crippen LogP contribution in [0.1, 0.15) is 28.8 Å². The van der Waals surface area contributed by atoms with Gasteiger partial charge in [-0.05, 0) is 51.9 Å². The molecule has 188 valence electrons. The van der Waals surface area contributed by atoms with Crippen molar-refractivity contribution in [1.82, 2.24) is 19.8 Å². The van der Waals surface area contributed by atoms with Crippen LogP contribution in [0.25, 0.3) is 27.6 Å². The number of methoxy groups -OCH3 is 1. The third-order valence-corrected chi connectivity index (χ3v) is 7.56. The number of amides is 1. The van der Waals surface area contributed by atoms with Crippen LogP contribution in [0.3, 0.4) is 0 Å². The minimum absolute atomic E-state index is 0.192. The Labute approximate surface area is 217 Å². The Balaban J connectivity index is 1.12. The van der Waals surface area contributed by atoms with E-state index in [9.17, 15) is 4.79 Å². The number of rotatable bonds is 7. The second kappa shape index (κ2) is 10.3. The minimum atomic E-state index is 0.192. The first-order valence-electron chi connectivity index (χ1n) is 13.0. The molecule has 2 aliphatic rings. The first kappa shape index (κ1) is 23.6. The molecule has 1 aliphatic heterocycles. The van der Waals surface area contributed by atoms with E-state index < -0.39 is 0 Å². The molecule has 2 aromatic carbocycles. The number of nitrogens with zero attached hydrogens (tertiary/aromatic N) is 3. The van der Waals surface area contributed by atoms with E-state index in [1.807, 2.05) is 17.3 Å². The van der Waals surface area contributed by atoms with Crippen molar-refractivity contribution in [2.75, 3.05) is 39.9 Å². The number of ether oxygens (including phenoxy) is 1. The van der Waals surface area contributed by atoms with Crippen LogP contribution in [0.5, 0.6) is 0 Å². The fraction of sp³-hybridized carbons (Fsp3) is 0.290. The number of pyridine rings is 1.